The SMILES string of the molecule is NS(=O)(=O)Cc1cccc(NC(=O)C2CC2c2ccc(F)cc2)c1. The van der Waals surface area contributed by atoms with Crippen LogP contribution in [0.4, 0.5) is 10.1 Å². The van der Waals surface area contributed by atoms with Crippen molar-refractivity contribution in [1.29, 1.82) is 0 Å². The van der Waals surface area contributed by atoms with E-state index in [9.17, 15) is 17.6 Å². The average molecular weight is 348 g/mol. The van der Waals surface area contributed by atoms with E-state index in [4.69, 9.17) is 5.14 Å². The Morgan fingerprint density at radius 3 is 2.58 bits per heavy atom. The number of halogens is 1. The summed E-state index contributed by atoms with van der Waals surface area (Å²) < 4.78 is 35.2. The number of nitrogens with two attached hydrogens (primary N) is 1. The zero-order valence-corrected chi connectivity index (χ0v) is 13.6. The van der Waals surface area contributed by atoms with Crippen molar-refractivity contribution in [3.63, 3.8) is 0 Å². The monoisotopic (exact) mass is 348 g/mol. The molecule has 0 bridgehead atoms. The number of nitrogens with one attached hydrogen (secondary N) is 1. The Bertz CT molecular complexity index is 866. The van der Waals surface area contributed by atoms with Gasteiger partial charge in [0.1, 0.15) is 5.82 Å². The predicted octanol–water partition coefficient (Wildman–Crippen LogP) is 2.36. The van der Waals surface area contributed by atoms with Gasteiger partial charge in [-0.05, 0) is 47.7 Å². The molecular weight excluding hydrogens is 331 g/mol. The number of benzene rings is 2. The number of rotatable bonds is 5. The maximum absolute atomic E-state index is 12.9. The van der Waals surface area contributed by atoms with E-state index in [1.54, 1.807) is 36.4 Å². The molecule has 2 atom stereocenters. The standard InChI is InChI=1S/C17H17FN2O3S/c18-13-6-4-12(5-7-13)15-9-16(15)17(21)20-14-3-1-2-11(8-14)10-24(19,22)23/h1-8,15-16H,9-10H2,(H,20,21)(H2,19,22,23). The quantitative estimate of drug-likeness (QED) is 0.869. The molecule has 2 aromatic carbocycles. The number of primary sulfonamides is 1. The fourth-order valence-corrected chi connectivity index (χ4v) is 3.41. The molecule has 7 heteroatoms. The molecular formula is C17H17FN2O3S. The minimum absolute atomic E-state index is 0.0956. The van der Waals surface area contributed by atoms with Gasteiger partial charge in [0.15, 0.2) is 0 Å². The highest BCUT2D eigenvalue weighted by Crippen LogP contribution is 2.48. The molecule has 5 nitrogen and oxygen atoms in total. The summed E-state index contributed by atoms with van der Waals surface area (Å²) in [5.74, 6) is -0.766. The Hall–Kier alpha value is -2.25. The Morgan fingerprint density at radius 2 is 1.92 bits per heavy atom. The van der Waals surface area contributed by atoms with E-state index < -0.39 is 10.0 Å². The van der Waals surface area contributed by atoms with Crippen LogP contribution < -0.4 is 10.5 Å². The molecule has 126 valence electrons. The molecule has 0 saturated heterocycles. The number of sulfonamides is 1. The summed E-state index contributed by atoms with van der Waals surface area (Å²) >= 11 is 0. The molecule has 1 aliphatic carbocycles. The van der Waals surface area contributed by atoms with Gasteiger partial charge in [0.25, 0.3) is 0 Å². The van der Waals surface area contributed by atoms with Gasteiger partial charge in [-0.15, -0.1) is 0 Å². The third-order valence-corrected chi connectivity index (χ3v) is 4.72. The van der Waals surface area contributed by atoms with Crippen LogP contribution in [0.25, 0.3) is 0 Å². The maximum atomic E-state index is 12.9. The second-order valence-electron chi connectivity index (χ2n) is 6.00. The second kappa shape index (κ2) is 6.33. The van der Waals surface area contributed by atoms with Gasteiger partial charge in [-0.25, -0.2) is 17.9 Å². The second-order valence-corrected chi connectivity index (χ2v) is 7.61. The molecule has 1 saturated carbocycles. The first-order chi connectivity index (χ1) is 11.3. The normalized spacial score (nSPS) is 19.8. The van der Waals surface area contributed by atoms with Gasteiger partial charge in [-0.3, -0.25) is 4.79 Å². The van der Waals surface area contributed by atoms with Crippen molar-refractivity contribution in [2.24, 2.45) is 11.1 Å². The lowest BCUT2D eigenvalue weighted by Gasteiger charge is -2.07. The average Bonchev–Trinajstić information content (AvgIpc) is 3.27. The first-order valence-corrected chi connectivity index (χ1v) is 9.19. The molecule has 0 aliphatic heterocycles. The minimum atomic E-state index is -3.62. The van der Waals surface area contributed by atoms with Crippen molar-refractivity contribution in [1.82, 2.24) is 0 Å². The van der Waals surface area contributed by atoms with E-state index in [2.05, 4.69) is 5.32 Å². The van der Waals surface area contributed by atoms with E-state index in [-0.39, 0.29) is 29.3 Å². The van der Waals surface area contributed by atoms with Crippen molar-refractivity contribution in [2.45, 2.75) is 18.1 Å². The maximum Gasteiger partial charge on any atom is 0.228 e. The number of amides is 1. The first-order valence-electron chi connectivity index (χ1n) is 7.47. The largest absolute Gasteiger partial charge is 0.326 e. The third-order valence-electron chi connectivity index (χ3n) is 3.99. The predicted molar refractivity (Wildman–Crippen MR) is 89.1 cm³/mol. The Balaban J connectivity index is 1.64. The molecule has 1 amide bonds. The van der Waals surface area contributed by atoms with E-state index in [0.717, 1.165) is 5.56 Å². The first kappa shape index (κ1) is 16.6. The molecule has 24 heavy (non-hydrogen) atoms. The van der Waals surface area contributed by atoms with Crippen molar-refractivity contribution in [3.05, 3.63) is 65.5 Å². The summed E-state index contributed by atoms with van der Waals surface area (Å²) in [7, 11) is -3.62. The van der Waals surface area contributed by atoms with E-state index in [0.29, 0.717) is 17.7 Å². The smallest absolute Gasteiger partial charge is 0.228 e. The van der Waals surface area contributed by atoms with E-state index in [1.165, 1.54) is 12.1 Å². The summed E-state index contributed by atoms with van der Waals surface area (Å²) in [6.45, 7) is 0. The van der Waals surface area contributed by atoms with Gasteiger partial charge in [0.2, 0.25) is 15.9 Å². The molecule has 0 radical (unpaired) electrons. The Kier molecular flexibility index (Phi) is 4.38. The number of hydrogen-bond donors (Lipinski definition) is 2. The molecule has 3 rings (SSSR count). The highest BCUT2D eigenvalue weighted by Gasteiger charge is 2.43. The van der Waals surface area contributed by atoms with Crippen LogP contribution >= 0.6 is 0 Å². The number of carbonyl (C=O) groups excluding carboxylic acids is 1. The zero-order chi connectivity index (χ0) is 17.3. The topological polar surface area (TPSA) is 89.3 Å². The van der Waals surface area contributed by atoms with Crippen molar-refractivity contribution in [3.8, 4) is 0 Å². The summed E-state index contributed by atoms with van der Waals surface area (Å²) in [4.78, 5) is 12.3. The molecule has 2 unspecified atom stereocenters. The number of carbonyl (C=O) groups is 1. The van der Waals surface area contributed by atoms with Crippen LogP contribution in [0.1, 0.15) is 23.5 Å². The van der Waals surface area contributed by atoms with E-state index in [1.807, 2.05) is 0 Å². The van der Waals surface area contributed by atoms with Gasteiger partial charge in [0, 0.05) is 11.6 Å². The highest BCUT2D eigenvalue weighted by atomic mass is 32.2. The molecule has 1 aliphatic rings. The summed E-state index contributed by atoms with van der Waals surface area (Å²) in [6.07, 6.45) is 0.717. The molecule has 0 spiro atoms. The molecule has 0 aromatic heterocycles. The molecule has 0 heterocycles. The number of anilines is 1. The highest BCUT2D eigenvalue weighted by molar-refractivity contribution is 7.88. The third kappa shape index (κ3) is 4.18. The summed E-state index contributed by atoms with van der Waals surface area (Å²) in [6, 6.07) is 12.8. The van der Waals surface area contributed by atoms with Gasteiger partial charge in [0.05, 0.1) is 5.75 Å². The fraction of sp³-hybridized carbons (Fsp3) is 0.235. The van der Waals surface area contributed by atoms with Crippen LogP contribution in [0.3, 0.4) is 0 Å². The van der Waals surface area contributed by atoms with Crippen LogP contribution in [-0.4, -0.2) is 14.3 Å². The Morgan fingerprint density at radius 1 is 1.21 bits per heavy atom. The molecule has 1 fully saturated rings. The lowest BCUT2D eigenvalue weighted by Crippen LogP contribution is -2.16. The van der Waals surface area contributed by atoms with Crippen LogP contribution in [0, 0.1) is 11.7 Å². The lowest BCUT2D eigenvalue weighted by atomic mass is 10.1. The zero-order valence-electron chi connectivity index (χ0n) is 12.8. The van der Waals surface area contributed by atoms with Crippen LogP contribution in [-0.2, 0) is 20.6 Å². The van der Waals surface area contributed by atoms with Crippen LogP contribution in [0.5, 0.6) is 0 Å². The minimum Gasteiger partial charge on any atom is -0.326 e. The van der Waals surface area contributed by atoms with Crippen LogP contribution in [0.2, 0.25) is 0 Å². The van der Waals surface area contributed by atoms with Gasteiger partial charge in [-0.2, -0.15) is 0 Å². The fourth-order valence-electron chi connectivity index (χ4n) is 2.77. The number of hydrogen-bond acceptors (Lipinski definition) is 3. The summed E-state index contributed by atoms with van der Waals surface area (Å²) in [5, 5.41) is 7.82. The lowest BCUT2D eigenvalue weighted by molar-refractivity contribution is -0.117. The van der Waals surface area contributed by atoms with E-state index >= 15 is 0 Å². The van der Waals surface area contributed by atoms with Crippen molar-refractivity contribution in [2.75, 3.05) is 5.32 Å². The van der Waals surface area contributed by atoms with Gasteiger partial charge in [-0.1, -0.05) is 24.3 Å². The Labute approximate surface area is 139 Å². The van der Waals surface area contributed by atoms with Crippen LogP contribution in [0.15, 0.2) is 48.5 Å². The van der Waals surface area contributed by atoms with Crippen molar-refractivity contribution >= 4 is 21.6 Å². The molecule has 2 aromatic rings. The van der Waals surface area contributed by atoms with Gasteiger partial charge >= 0.3 is 0 Å². The summed E-state index contributed by atoms with van der Waals surface area (Å²) in [5.41, 5.74) is 1.99. The van der Waals surface area contributed by atoms with Gasteiger partial charge < -0.3 is 5.32 Å². The molecule has 3 N–H and O–H groups in total. The van der Waals surface area contributed by atoms with Crippen molar-refractivity contribution < 1.29 is 17.6 Å².